The van der Waals surface area contributed by atoms with Crippen molar-refractivity contribution in [1.29, 1.82) is 0 Å². The molecule has 108 valence electrons. The van der Waals surface area contributed by atoms with E-state index in [-0.39, 0.29) is 6.10 Å². The van der Waals surface area contributed by atoms with Crippen LogP contribution in [0.3, 0.4) is 0 Å². The van der Waals surface area contributed by atoms with E-state index >= 15 is 0 Å². The SMILES string of the molecule is CCC(CC)Oc1cccc(Cl)c1CNCCOC. The maximum atomic E-state index is 6.26. The summed E-state index contributed by atoms with van der Waals surface area (Å²) in [5.41, 5.74) is 1.02. The lowest BCUT2D eigenvalue weighted by molar-refractivity contribution is 0.189. The van der Waals surface area contributed by atoms with Crippen LogP contribution in [0.4, 0.5) is 0 Å². The van der Waals surface area contributed by atoms with Crippen LogP contribution < -0.4 is 10.1 Å². The maximum Gasteiger partial charge on any atom is 0.125 e. The second-order valence-electron chi connectivity index (χ2n) is 4.44. The number of halogens is 1. The van der Waals surface area contributed by atoms with Gasteiger partial charge in [-0.15, -0.1) is 0 Å². The van der Waals surface area contributed by atoms with Gasteiger partial charge in [0.2, 0.25) is 0 Å². The first-order valence-corrected chi connectivity index (χ1v) is 7.24. The second-order valence-corrected chi connectivity index (χ2v) is 4.85. The van der Waals surface area contributed by atoms with E-state index in [0.29, 0.717) is 13.2 Å². The Kier molecular flexibility index (Phi) is 7.87. The number of nitrogens with one attached hydrogen (secondary N) is 1. The summed E-state index contributed by atoms with van der Waals surface area (Å²) >= 11 is 6.26. The topological polar surface area (TPSA) is 30.5 Å². The molecule has 0 aromatic heterocycles. The minimum atomic E-state index is 0.246. The van der Waals surface area contributed by atoms with Crippen molar-refractivity contribution < 1.29 is 9.47 Å². The van der Waals surface area contributed by atoms with Gasteiger partial charge in [0, 0.05) is 30.8 Å². The third kappa shape index (κ3) is 5.39. The quantitative estimate of drug-likeness (QED) is 0.703. The van der Waals surface area contributed by atoms with Crippen molar-refractivity contribution in [3.8, 4) is 5.75 Å². The van der Waals surface area contributed by atoms with Crippen LogP contribution in [-0.2, 0) is 11.3 Å². The molecule has 0 aliphatic carbocycles. The zero-order valence-electron chi connectivity index (χ0n) is 12.0. The highest BCUT2D eigenvalue weighted by atomic mass is 35.5. The predicted molar refractivity (Wildman–Crippen MR) is 80.0 cm³/mol. The molecule has 0 aliphatic rings. The van der Waals surface area contributed by atoms with Crippen LogP contribution in [0.1, 0.15) is 32.3 Å². The molecule has 0 bridgehead atoms. The van der Waals surface area contributed by atoms with E-state index in [1.807, 2.05) is 18.2 Å². The summed E-state index contributed by atoms with van der Waals surface area (Å²) in [4.78, 5) is 0. The van der Waals surface area contributed by atoms with E-state index in [2.05, 4.69) is 19.2 Å². The van der Waals surface area contributed by atoms with Crippen LogP contribution in [0.15, 0.2) is 18.2 Å². The maximum absolute atomic E-state index is 6.26. The molecule has 1 aromatic rings. The summed E-state index contributed by atoms with van der Waals surface area (Å²) in [5.74, 6) is 0.881. The second kappa shape index (κ2) is 9.18. The van der Waals surface area contributed by atoms with Crippen molar-refractivity contribution in [3.05, 3.63) is 28.8 Å². The number of hydrogen-bond acceptors (Lipinski definition) is 3. The fourth-order valence-electron chi connectivity index (χ4n) is 1.84. The van der Waals surface area contributed by atoms with Crippen molar-refractivity contribution in [2.45, 2.75) is 39.3 Å². The molecule has 1 rings (SSSR count). The Hall–Kier alpha value is -0.770. The molecule has 3 nitrogen and oxygen atoms in total. The van der Waals surface area contributed by atoms with Gasteiger partial charge in [-0.3, -0.25) is 0 Å². The molecule has 0 radical (unpaired) electrons. The fraction of sp³-hybridized carbons (Fsp3) is 0.600. The molecule has 0 saturated carbocycles. The van der Waals surface area contributed by atoms with E-state index in [0.717, 1.165) is 35.7 Å². The lowest BCUT2D eigenvalue weighted by atomic mass is 10.1. The molecule has 19 heavy (non-hydrogen) atoms. The Balaban J connectivity index is 2.71. The average Bonchev–Trinajstić information content (AvgIpc) is 2.43. The minimum Gasteiger partial charge on any atom is -0.490 e. The Labute approximate surface area is 121 Å². The van der Waals surface area contributed by atoms with Crippen LogP contribution >= 0.6 is 11.6 Å². The van der Waals surface area contributed by atoms with Crippen molar-refractivity contribution in [1.82, 2.24) is 5.32 Å². The van der Waals surface area contributed by atoms with Gasteiger partial charge >= 0.3 is 0 Å². The van der Waals surface area contributed by atoms with E-state index in [4.69, 9.17) is 21.1 Å². The van der Waals surface area contributed by atoms with Crippen LogP contribution in [0.2, 0.25) is 5.02 Å². The van der Waals surface area contributed by atoms with Gasteiger partial charge in [-0.1, -0.05) is 31.5 Å². The lowest BCUT2D eigenvalue weighted by Gasteiger charge is -2.19. The molecule has 0 amide bonds. The molecule has 1 aromatic carbocycles. The van der Waals surface area contributed by atoms with Crippen molar-refractivity contribution in [2.24, 2.45) is 0 Å². The first-order valence-electron chi connectivity index (χ1n) is 6.86. The molecule has 0 heterocycles. The standard InChI is InChI=1S/C15H24ClNO2/c1-4-12(5-2)19-15-8-6-7-14(16)13(15)11-17-9-10-18-3/h6-8,12,17H,4-5,9-11H2,1-3H3. The van der Waals surface area contributed by atoms with Gasteiger partial charge in [-0.05, 0) is 25.0 Å². The summed E-state index contributed by atoms with van der Waals surface area (Å²) in [5, 5.41) is 4.05. The van der Waals surface area contributed by atoms with Crippen LogP contribution in [0.5, 0.6) is 5.75 Å². The van der Waals surface area contributed by atoms with Gasteiger partial charge in [0.05, 0.1) is 12.7 Å². The van der Waals surface area contributed by atoms with E-state index < -0.39 is 0 Å². The van der Waals surface area contributed by atoms with Gasteiger partial charge in [0.25, 0.3) is 0 Å². The normalized spacial score (nSPS) is 11.0. The third-order valence-corrected chi connectivity index (χ3v) is 3.42. The zero-order chi connectivity index (χ0) is 14.1. The highest BCUT2D eigenvalue weighted by Crippen LogP contribution is 2.28. The lowest BCUT2D eigenvalue weighted by Crippen LogP contribution is -2.20. The minimum absolute atomic E-state index is 0.246. The molecule has 0 spiro atoms. The van der Waals surface area contributed by atoms with E-state index in [9.17, 15) is 0 Å². The van der Waals surface area contributed by atoms with E-state index in [1.54, 1.807) is 7.11 Å². The van der Waals surface area contributed by atoms with Crippen LogP contribution in [0.25, 0.3) is 0 Å². The largest absolute Gasteiger partial charge is 0.490 e. The first kappa shape index (κ1) is 16.3. The molecule has 0 aliphatic heterocycles. The van der Waals surface area contributed by atoms with Gasteiger partial charge in [0.1, 0.15) is 5.75 Å². The van der Waals surface area contributed by atoms with Crippen molar-refractivity contribution >= 4 is 11.6 Å². The summed E-state index contributed by atoms with van der Waals surface area (Å²) < 4.78 is 11.0. The number of hydrogen-bond donors (Lipinski definition) is 1. The molecule has 0 saturated heterocycles. The number of ether oxygens (including phenoxy) is 2. The predicted octanol–water partition coefficient (Wildman–Crippen LogP) is 3.64. The summed E-state index contributed by atoms with van der Waals surface area (Å²) in [6, 6.07) is 5.81. The molecular formula is C15H24ClNO2. The van der Waals surface area contributed by atoms with Gasteiger partial charge in [-0.2, -0.15) is 0 Å². The molecule has 0 fully saturated rings. The van der Waals surface area contributed by atoms with Gasteiger partial charge in [0.15, 0.2) is 0 Å². The molecule has 0 unspecified atom stereocenters. The average molecular weight is 286 g/mol. The van der Waals surface area contributed by atoms with Crippen molar-refractivity contribution in [3.63, 3.8) is 0 Å². The number of methoxy groups -OCH3 is 1. The zero-order valence-corrected chi connectivity index (χ0v) is 12.8. The monoisotopic (exact) mass is 285 g/mol. The highest BCUT2D eigenvalue weighted by molar-refractivity contribution is 6.31. The Morgan fingerprint density at radius 3 is 2.63 bits per heavy atom. The molecule has 0 atom stereocenters. The summed E-state index contributed by atoms with van der Waals surface area (Å²) in [6.07, 6.45) is 2.25. The molecule has 1 N–H and O–H groups in total. The smallest absolute Gasteiger partial charge is 0.125 e. The summed E-state index contributed by atoms with van der Waals surface area (Å²) in [6.45, 7) is 6.45. The molecule has 4 heteroatoms. The Morgan fingerprint density at radius 1 is 1.26 bits per heavy atom. The van der Waals surface area contributed by atoms with Crippen molar-refractivity contribution in [2.75, 3.05) is 20.3 Å². The van der Waals surface area contributed by atoms with Crippen LogP contribution in [-0.4, -0.2) is 26.4 Å². The fourth-order valence-corrected chi connectivity index (χ4v) is 2.08. The Morgan fingerprint density at radius 2 is 2.00 bits per heavy atom. The van der Waals surface area contributed by atoms with Gasteiger partial charge < -0.3 is 14.8 Å². The highest BCUT2D eigenvalue weighted by Gasteiger charge is 2.11. The number of benzene rings is 1. The third-order valence-electron chi connectivity index (χ3n) is 3.06. The number of rotatable bonds is 9. The first-order chi connectivity index (χ1) is 9.22. The van der Waals surface area contributed by atoms with E-state index in [1.165, 1.54) is 0 Å². The summed E-state index contributed by atoms with van der Waals surface area (Å²) in [7, 11) is 1.69. The van der Waals surface area contributed by atoms with Crippen LogP contribution in [0, 0.1) is 0 Å². The molecular weight excluding hydrogens is 262 g/mol. The Bertz CT molecular complexity index is 367. The van der Waals surface area contributed by atoms with Gasteiger partial charge in [-0.25, -0.2) is 0 Å².